The molecule has 4 aromatic rings. The fourth-order valence-electron chi connectivity index (χ4n) is 3.61. The zero-order valence-electron chi connectivity index (χ0n) is 17.5. The summed E-state index contributed by atoms with van der Waals surface area (Å²) in [4.78, 5) is 24.8. The van der Waals surface area contributed by atoms with E-state index in [1.165, 1.54) is 0 Å². The van der Waals surface area contributed by atoms with Crippen molar-refractivity contribution in [3.8, 4) is 5.75 Å². The van der Waals surface area contributed by atoms with Gasteiger partial charge in [-0.2, -0.15) is 0 Å². The lowest BCUT2D eigenvalue weighted by Gasteiger charge is -2.10. The van der Waals surface area contributed by atoms with E-state index in [4.69, 9.17) is 13.9 Å². The van der Waals surface area contributed by atoms with Gasteiger partial charge >= 0.3 is 5.97 Å². The van der Waals surface area contributed by atoms with E-state index in [2.05, 4.69) is 0 Å². The molecule has 0 radical (unpaired) electrons. The van der Waals surface area contributed by atoms with E-state index in [1.807, 2.05) is 66.9 Å². The molecule has 0 aliphatic heterocycles. The summed E-state index contributed by atoms with van der Waals surface area (Å²) in [5, 5.41) is 1.94. The number of ether oxygens (including phenoxy) is 2. The van der Waals surface area contributed by atoms with E-state index >= 15 is 0 Å². The van der Waals surface area contributed by atoms with Crippen molar-refractivity contribution in [2.75, 3.05) is 13.2 Å². The first-order valence-corrected chi connectivity index (χ1v) is 10.0. The molecule has 0 saturated heterocycles. The van der Waals surface area contributed by atoms with E-state index in [1.54, 1.807) is 18.4 Å². The van der Waals surface area contributed by atoms with Crippen molar-refractivity contribution < 1.29 is 23.5 Å². The van der Waals surface area contributed by atoms with Gasteiger partial charge in [-0.3, -0.25) is 4.79 Å². The minimum atomic E-state index is -0.592. The Morgan fingerprint density at radius 1 is 0.968 bits per heavy atom. The molecule has 4 rings (SSSR count). The molecule has 0 aliphatic rings. The molecule has 6 nitrogen and oxygen atoms in total. The number of ketones is 1. The standard InChI is InChI=1S/C25H23NO5/c1-17-13-22(18(2)26(17)14-20-9-6-12-29-20)23(27)15-31-25(28)16-30-24-11-5-8-19-7-3-4-10-21(19)24/h3-13H,14-16H2,1-2H3. The highest BCUT2D eigenvalue weighted by Crippen LogP contribution is 2.25. The number of furan rings is 1. The third-order valence-electron chi connectivity index (χ3n) is 5.23. The monoisotopic (exact) mass is 417 g/mol. The number of hydrogen-bond acceptors (Lipinski definition) is 5. The van der Waals surface area contributed by atoms with Crippen LogP contribution < -0.4 is 4.74 Å². The smallest absolute Gasteiger partial charge is 0.344 e. The number of esters is 1. The Kier molecular flexibility index (Phi) is 5.89. The summed E-state index contributed by atoms with van der Waals surface area (Å²) in [5.41, 5.74) is 2.27. The normalized spacial score (nSPS) is 10.9. The molecule has 0 amide bonds. The largest absolute Gasteiger partial charge is 0.481 e. The molecule has 2 aromatic carbocycles. The SMILES string of the molecule is Cc1cc(C(=O)COC(=O)COc2cccc3ccccc23)c(C)n1Cc1ccco1. The molecule has 158 valence electrons. The molecule has 0 saturated carbocycles. The second-order valence-corrected chi connectivity index (χ2v) is 7.30. The quantitative estimate of drug-likeness (QED) is 0.307. The van der Waals surface area contributed by atoms with Gasteiger partial charge in [-0.1, -0.05) is 36.4 Å². The Morgan fingerprint density at radius 3 is 2.58 bits per heavy atom. The van der Waals surface area contributed by atoms with Crippen LogP contribution in [0, 0.1) is 13.8 Å². The van der Waals surface area contributed by atoms with Crippen LogP contribution in [-0.2, 0) is 16.1 Å². The highest BCUT2D eigenvalue weighted by Gasteiger charge is 2.18. The first-order chi connectivity index (χ1) is 15.0. The van der Waals surface area contributed by atoms with Crippen molar-refractivity contribution >= 4 is 22.5 Å². The summed E-state index contributed by atoms with van der Waals surface area (Å²) >= 11 is 0. The van der Waals surface area contributed by atoms with Gasteiger partial charge in [0.1, 0.15) is 11.5 Å². The molecule has 0 spiro atoms. The maximum absolute atomic E-state index is 12.6. The molecular formula is C25H23NO5. The van der Waals surface area contributed by atoms with Crippen LogP contribution in [0.5, 0.6) is 5.75 Å². The molecule has 0 atom stereocenters. The van der Waals surface area contributed by atoms with Gasteiger partial charge in [-0.25, -0.2) is 4.79 Å². The summed E-state index contributed by atoms with van der Waals surface area (Å²) in [6.45, 7) is 3.74. The zero-order chi connectivity index (χ0) is 21.8. The summed E-state index contributed by atoms with van der Waals surface area (Å²) in [5.74, 6) is 0.559. The predicted octanol–water partition coefficient (Wildman–Crippen LogP) is 4.70. The van der Waals surface area contributed by atoms with Crippen molar-refractivity contribution in [1.29, 1.82) is 0 Å². The molecule has 0 unspecified atom stereocenters. The number of benzene rings is 2. The number of fused-ring (bicyclic) bond motifs is 1. The summed E-state index contributed by atoms with van der Waals surface area (Å²) < 4.78 is 18.2. The van der Waals surface area contributed by atoms with Crippen LogP contribution in [0.25, 0.3) is 10.8 Å². The third-order valence-corrected chi connectivity index (χ3v) is 5.23. The average Bonchev–Trinajstić information content (AvgIpc) is 3.40. The molecule has 2 heterocycles. The lowest BCUT2D eigenvalue weighted by molar-refractivity contribution is -0.144. The van der Waals surface area contributed by atoms with Crippen LogP contribution in [0.15, 0.2) is 71.3 Å². The first kappa shape index (κ1) is 20.5. The van der Waals surface area contributed by atoms with Crippen molar-refractivity contribution in [3.05, 3.63) is 89.6 Å². The molecule has 31 heavy (non-hydrogen) atoms. The van der Waals surface area contributed by atoms with E-state index in [0.717, 1.165) is 27.9 Å². The second kappa shape index (κ2) is 8.92. The maximum Gasteiger partial charge on any atom is 0.344 e. The lowest BCUT2D eigenvalue weighted by atomic mass is 10.1. The lowest BCUT2D eigenvalue weighted by Crippen LogP contribution is -2.20. The molecule has 6 heteroatoms. The van der Waals surface area contributed by atoms with Crippen LogP contribution in [-0.4, -0.2) is 29.5 Å². The number of Topliss-reactive ketones (excluding diaryl/α,β-unsaturated/α-hetero) is 1. The topological polar surface area (TPSA) is 70.7 Å². The number of aromatic nitrogens is 1. The summed E-state index contributed by atoms with van der Waals surface area (Å²) in [6, 6.07) is 18.9. The van der Waals surface area contributed by atoms with Crippen molar-refractivity contribution in [3.63, 3.8) is 0 Å². The molecule has 0 bridgehead atoms. The van der Waals surface area contributed by atoms with Crippen LogP contribution in [0.4, 0.5) is 0 Å². The Balaban J connectivity index is 1.35. The fraction of sp³-hybridized carbons (Fsp3) is 0.200. The van der Waals surface area contributed by atoms with Crippen LogP contribution in [0.2, 0.25) is 0 Å². The van der Waals surface area contributed by atoms with Gasteiger partial charge in [0.2, 0.25) is 5.78 Å². The van der Waals surface area contributed by atoms with E-state index in [9.17, 15) is 9.59 Å². The second-order valence-electron chi connectivity index (χ2n) is 7.30. The van der Waals surface area contributed by atoms with E-state index in [-0.39, 0.29) is 19.0 Å². The molecule has 0 aliphatic carbocycles. The third kappa shape index (κ3) is 4.53. The first-order valence-electron chi connectivity index (χ1n) is 10.0. The molecular weight excluding hydrogens is 394 g/mol. The minimum absolute atomic E-state index is 0.252. The van der Waals surface area contributed by atoms with Crippen LogP contribution in [0.3, 0.4) is 0 Å². The number of carbonyl (C=O) groups is 2. The van der Waals surface area contributed by atoms with Crippen molar-refractivity contribution in [2.24, 2.45) is 0 Å². The Bertz CT molecular complexity index is 1210. The van der Waals surface area contributed by atoms with Gasteiger partial charge in [-0.15, -0.1) is 0 Å². The van der Waals surface area contributed by atoms with Gasteiger partial charge in [0.15, 0.2) is 13.2 Å². The Morgan fingerprint density at radius 2 is 1.77 bits per heavy atom. The number of carbonyl (C=O) groups excluding carboxylic acids is 2. The fourth-order valence-corrected chi connectivity index (χ4v) is 3.61. The van der Waals surface area contributed by atoms with Gasteiger partial charge in [-0.05, 0) is 43.5 Å². The van der Waals surface area contributed by atoms with Crippen molar-refractivity contribution in [1.82, 2.24) is 4.57 Å². The summed E-state index contributed by atoms with van der Waals surface area (Å²) in [7, 11) is 0. The highest BCUT2D eigenvalue weighted by molar-refractivity contribution is 5.99. The molecule has 0 fully saturated rings. The zero-order valence-corrected chi connectivity index (χ0v) is 17.5. The Hall–Kier alpha value is -3.80. The maximum atomic E-state index is 12.6. The van der Waals surface area contributed by atoms with Gasteiger partial charge < -0.3 is 18.5 Å². The number of hydrogen-bond donors (Lipinski definition) is 0. The molecule has 2 aromatic heterocycles. The van der Waals surface area contributed by atoms with E-state index in [0.29, 0.717) is 17.9 Å². The predicted molar refractivity (Wildman–Crippen MR) is 116 cm³/mol. The van der Waals surface area contributed by atoms with Crippen LogP contribution >= 0.6 is 0 Å². The van der Waals surface area contributed by atoms with Crippen molar-refractivity contribution in [2.45, 2.75) is 20.4 Å². The molecule has 0 N–H and O–H groups in total. The van der Waals surface area contributed by atoms with Gasteiger partial charge in [0, 0.05) is 22.3 Å². The Labute approximate surface area is 180 Å². The minimum Gasteiger partial charge on any atom is -0.481 e. The summed E-state index contributed by atoms with van der Waals surface area (Å²) in [6.07, 6.45) is 1.62. The average molecular weight is 417 g/mol. The number of nitrogens with zero attached hydrogens (tertiary/aromatic N) is 1. The van der Waals surface area contributed by atoms with Gasteiger partial charge in [0.25, 0.3) is 0 Å². The van der Waals surface area contributed by atoms with E-state index < -0.39 is 5.97 Å². The van der Waals surface area contributed by atoms with Gasteiger partial charge in [0.05, 0.1) is 12.8 Å². The van der Waals surface area contributed by atoms with Crippen LogP contribution in [0.1, 0.15) is 27.5 Å². The highest BCUT2D eigenvalue weighted by atomic mass is 16.6. The number of rotatable bonds is 8. The number of aryl methyl sites for hydroxylation is 1.